The lowest BCUT2D eigenvalue weighted by atomic mass is 9.93. The molecule has 1 heterocycles. The van der Waals surface area contributed by atoms with E-state index in [0.29, 0.717) is 0 Å². The summed E-state index contributed by atoms with van der Waals surface area (Å²) in [4.78, 5) is 2.28. The maximum absolute atomic E-state index is 6.95. The largest absolute Gasteiger partial charge is 0.455 e. The molecule has 0 atom stereocenters. The SMILES string of the molecule is c1ccc(-c2ccc(-c3c4ccccc4cc4c3oc3c(-c5ccc(N(c6ccccc6)c6ccccc6)cc5)cccc34)cc2)cc1. The summed E-state index contributed by atoms with van der Waals surface area (Å²) in [5, 5.41) is 4.63. The van der Waals surface area contributed by atoms with Crippen LogP contribution in [0.1, 0.15) is 0 Å². The molecule has 0 aliphatic rings. The fourth-order valence-electron chi connectivity index (χ4n) is 6.96. The summed E-state index contributed by atoms with van der Waals surface area (Å²) < 4.78 is 6.95. The average Bonchev–Trinajstić information content (AvgIpc) is 3.54. The Morgan fingerprint density at radius 3 is 1.54 bits per heavy atom. The highest BCUT2D eigenvalue weighted by Crippen LogP contribution is 2.44. The third kappa shape index (κ3) is 4.83. The lowest BCUT2D eigenvalue weighted by molar-refractivity contribution is 0.671. The highest BCUT2D eigenvalue weighted by Gasteiger charge is 2.19. The molecule has 0 bridgehead atoms. The topological polar surface area (TPSA) is 16.4 Å². The van der Waals surface area contributed by atoms with Crippen molar-refractivity contribution in [3.05, 3.63) is 188 Å². The Hall–Kier alpha value is -6.38. The first-order valence-corrected chi connectivity index (χ1v) is 16.4. The van der Waals surface area contributed by atoms with E-state index in [-0.39, 0.29) is 0 Å². The molecule has 2 heteroatoms. The number of anilines is 3. The van der Waals surface area contributed by atoms with Gasteiger partial charge >= 0.3 is 0 Å². The lowest BCUT2D eigenvalue weighted by Gasteiger charge is -2.25. The van der Waals surface area contributed by atoms with Gasteiger partial charge in [-0.3, -0.25) is 0 Å². The van der Waals surface area contributed by atoms with Gasteiger partial charge in [-0.25, -0.2) is 0 Å². The predicted molar refractivity (Wildman–Crippen MR) is 202 cm³/mol. The number of hydrogen-bond donors (Lipinski definition) is 0. The van der Waals surface area contributed by atoms with E-state index in [1.807, 2.05) is 0 Å². The molecule has 0 aliphatic heterocycles. The highest BCUT2D eigenvalue weighted by atomic mass is 16.3. The zero-order valence-corrected chi connectivity index (χ0v) is 26.3. The first kappa shape index (κ1) is 27.9. The summed E-state index contributed by atoms with van der Waals surface area (Å²) >= 11 is 0. The van der Waals surface area contributed by atoms with Gasteiger partial charge in [0, 0.05) is 39.0 Å². The number of para-hydroxylation sites is 3. The number of fused-ring (bicyclic) bond motifs is 4. The van der Waals surface area contributed by atoms with Gasteiger partial charge in [-0.2, -0.15) is 0 Å². The van der Waals surface area contributed by atoms with E-state index in [0.717, 1.165) is 61.3 Å². The molecular weight excluding hydrogens is 583 g/mol. The molecule has 9 rings (SSSR count). The van der Waals surface area contributed by atoms with Crippen LogP contribution in [0.2, 0.25) is 0 Å². The van der Waals surface area contributed by atoms with Gasteiger partial charge in [0.15, 0.2) is 0 Å². The van der Waals surface area contributed by atoms with Gasteiger partial charge in [0.05, 0.1) is 0 Å². The van der Waals surface area contributed by atoms with Gasteiger partial charge in [-0.15, -0.1) is 0 Å². The van der Waals surface area contributed by atoms with Crippen LogP contribution in [0.4, 0.5) is 17.1 Å². The molecule has 2 nitrogen and oxygen atoms in total. The standard InChI is InChI=1S/C46H31NO/c1-4-13-32(14-5-1)33-23-25-35(26-24-33)44-40-20-11-10-15-36(40)31-43-42-22-12-21-41(45(42)48-46(43)44)34-27-29-39(30-28-34)47(37-16-6-2-7-17-37)38-18-8-3-9-19-38/h1-31H. The lowest BCUT2D eigenvalue weighted by Crippen LogP contribution is -2.09. The maximum Gasteiger partial charge on any atom is 0.143 e. The molecule has 226 valence electrons. The molecule has 8 aromatic carbocycles. The van der Waals surface area contributed by atoms with E-state index >= 15 is 0 Å². The Labute approximate surface area is 279 Å². The summed E-state index contributed by atoms with van der Waals surface area (Å²) in [6, 6.07) is 66.6. The molecule has 0 saturated carbocycles. The first-order valence-electron chi connectivity index (χ1n) is 16.4. The highest BCUT2D eigenvalue weighted by molar-refractivity contribution is 6.20. The molecule has 0 fully saturated rings. The molecule has 0 N–H and O–H groups in total. The summed E-state index contributed by atoms with van der Waals surface area (Å²) in [5.41, 5.74) is 12.0. The molecule has 0 radical (unpaired) electrons. The fraction of sp³-hybridized carbons (Fsp3) is 0. The second kappa shape index (κ2) is 11.8. The molecule has 0 aliphatic carbocycles. The second-order valence-corrected chi connectivity index (χ2v) is 12.1. The third-order valence-corrected chi connectivity index (χ3v) is 9.26. The summed E-state index contributed by atoms with van der Waals surface area (Å²) in [6.45, 7) is 0. The molecule has 1 aromatic heterocycles. The van der Waals surface area contributed by atoms with Crippen molar-refractivity contribution in [3.8, 4) is 33.4 Å². The van der Waals surface area contributed by atoms with Crippen LogP contribution in [0.25, 0.3) is 66.1 Å². The molecule has 0 amide bonds. The number of hydrogen-bond acceptors (Lipinski definition) is 2. The Morgan fingerprint density at radius 2 is 0.854 bits per heavy atom. The molecule has 9 aromatic rings. The monoisotopic (exact) mass is 613 g/mol. The van der Waals surface area contributed by atoms with E-state index in [4.69, 9.17) is 4.42 Å². The van der Waals surface area contributed by atoms with Gasteiger partial charge in [-0.1, -0.05) is 146 Å². The zero-order chi connectivity index (χ0) is 31.9. The van der Waals surface area contributed by atoms with Crippen molar-refractivity contribution in [2.75, 3.05) is 4.90 Å². The smallest absolute Gasteiger partial charge is 0.143 e. The Balaban J connectivity index is 1.18. The van der Waals surface area contributed by atoms with Crippen LogP contribution >= 0.6 is 0 Å². The van der Waals surface area contributed by atoms with Crippen LogP contribution in [0.15, 0.2) is 192 Å². The van der Waals surface area contributed by atoms with Crippen molar-refractivity contribution in [2.24, 2.45) is 0 Å². The number of nitrogens with zero attached hydrogens (tertiary/aromatic N) is 1. The maximum atomic E-state index is 6.95. The molecule has 0 unspecified atom stereocenters. The third-order valence-electron chi connectivity index (χ3n) is 9.26. The molecule has 0 saturated heterocycles. The van der Waals surface area contributed by atoms with Crippen molar-refractivity contribution in [1.82, 2.24) is 0 Å². The predicted octanol–water partition coefficient (Wildman–Crippen LogP) is 13.2. The summed E-state index contributed by atoms with van der Waals surface area (Å²) in [7, 11) is 0. The number of benzene rings is 8. The van der Waals surface area contributed by atoms with Gasteiger partial charge in [0.25, 0.3) is 0 Å². The number of furan rings is 1. The van der Waals surface area contributed by atoms with Crippen molar-refractivity contribution < 1.29 is 4.42 Å². The van der Waals surface area contributed by atoms with E-state index in [1.165, 1.54) is 21.9 Å². The minimum absolute atomic E-state index is 0.903. The fourth-order valence-corrected chi connectivity index (χ4v) is 6.96. The first-order chi connectivity index (χ1) is 23.8. The summed E-state index contributed by atoms with van der Waals surface area (Å²) in [6.07, 6.45) is 0. The molecule has 0 spiro atoms. The Kier molecular flexibility index (Phi) is 6.84. The van der Waals surface area contributed by atoms with Gasteiger partial charge < -0.3 is 9.32 Å². The normalized spacial score (nSPS) is 11.3. The minimum Gasteiger partial charge on any atom is -0.455 e. The van der Waals surface area contributed by atoms with Gasteiger partial charge in [0.2, 0.25) is 0 Å². The van der Waals surface area contributed by atoms with Gasteiger partial charge in [0.1, 0.15) is 11.2 Å². The van der Waals surface area contributed by atoms with E-state index < -0.39 is 0 Å². The minimum atomic E-state index is 0.903. The summed E-state index contributed by atoms with van der Waals surface area (Å²) in [5.74, 6) is 0. The average molecular weight is 614 g/mol. The van der Waals surface area contributed by atoms with Crippen LogP contribution in [0, 0.1) is 0 Å². The van der Waals surface area contributed by atoms with Crippen molar-refractivity contribution >= 4 is 49.8 Å². The van der Waals surface area contributed by atoms with Crippen LogP contribution in [0.3, 0.4) is 0 Å². The van der Waals surface area contributed by atoms with E-state index in [1.54, 1.807) is 0 Å². The van der Waals surface area contributed by atoms with Crippen molar-refractivity contribution in [2.45, 2.75) is 0 Å². The van der Waals surface area contributed by atoms with Crippen molar-refractivity contribution in [1.29, 1.82) is 0 Å². The zero-order valence-electron chi connectivity index (χ0n) is 26.3. The van der Waals surface area contributed by atoms with Crippen LogP contribution in [0.5, 0.6) is 0 Å². The van der Waals surface area contributed by atoms with Crippen molar-refractivity contribution in [3.63, 3.8) is 0 Å². The van der Waals surface area contributed by atoms with E-state index in [2.05, 4.69) is 193 Å². The Morgan fingerprint density at radius 1 is 0.333 bits per heavy atom. The van der Waals surface area contributed by atoms with E-state index in [9.17, 15) is 0 Å². The van der Waals surface area contributed by atoms with Crippen LogP contribution < -0.4 is 4.90 Å². The van der Waals surface area contributed by atoms with Crippen LogP contribution in [-0.2, 0) is 0 Å². The van der Waals surface area contributed by atoms with Gasteiger partial charge in [-0.05, 0) is 75.5 Å². The molecular formula is C46H31NO. The van der Waals surface area contributed by atoms with Crippen LogP contribution in [-0.4, -0.2) is 0 Å². The second-order valence-electron chi connectivity index (χ2n) is 12.1. The molecule has 48 heavy (non-hydrogen) atoms. The Bertz CT molecular complexity index is 2480. The quantitative estimate of drug-likeness (QED) is 0.185. The number of rotatable bonds is 6.